The highest BCUT2D eigenvalue weighted by atomic mass is 32.2. The lowest BCUT2D eigenvalue weighted by Crippen LogP contribution is -2.05. The number of carbonyl (C=O) groups excluding carboxylic acids is 1. The Balaban J connectivity index is 0.000000309. The molecular formula is C22H30O3S2. The van der Waals surface area contributed by atoms with Crippen molar-refractivity contribution in [1.82, 2.24) is 0 Å². The van der Waals surface area contributed by atoms with E-state index in [1.807, 2.05) is 36.4 Å². The zero-order valence-electron chi connectivity index (χ0n) is 15.7. The van der Waals surface area contributed by atoms with Gasteiger partial charge in [-0.15, -0.1) is 23.5 Å². The molecule has 148 valence electrons. The van der Waals surface area contributed by atoms with Crippen molar-refractivity contribution in [3.8, 4) is 0 Å². The van der Waals surface area contributed by atoms with E-state index in [4.69, 9.17) is 10.2 Å². The van der Waals surface area contributed by atoms with Gasteiger partial charge in [-0.2, -0.15) is 0 Å². The molecule has 0 saturated carbocycles. The Hall–Kier alpha value is -1.27. The quantitative estimate of drug-likeness (QED) is 0.408. The summed E-state index contributed by atoms with van der Waals surface area (Å²) < 4.78 is 0.467. The van der Waals surface area contributed by atoms with Gasteiger partial charge in [-0.05, 0) is 30.4 Å². The molecule has 0 aliphatic carbocycles. The molecule has 0 spiro atoms. The predicted molar refractivity (Wildman–Crippen MR) is 118 cm³/mol. The molecule has 27 heavy (non-hydrogen) atoms. The summed E-state index contributed by atoms with van der Waals surface area (Å²) in [5.41, 5.74) is 2.58. The number of aryl methyl sites for hydroxylation is 2. The second-order valence-electron chi connectivity index (χ2n) is 5.83. The number of aliphatic hydroxyl groups is 2. The molecule has 0 atom stereocenters. The van der Waals surface area contributed by atoms with Crippen molar-refractivity contribution in [1.29, 1.82) is 0 Å². The van der Waals surface area contributed by atoms with Gasteiger partial charge in [0.2, 0.25) is 0 Å². The molecular weight excluding hydrogens is 376 g/mol. The molecule has 0 radical (unpaired) electrons. The number of hydrogen-bond donors (Lipinski definition) is 2. The summed E-state index contributed by atoms with van der Waals surface area (Å²) >= 11 is 3.57. The van der Waals surface area contributed by atoms with Gasteiger partial charge in [-0.1, -0.05) is 60.7 Å². The highest BCUT2D eigenvalue weighted by Gasteiger charge is 2.09. The Morgan fingerprint density at radius 3 is 1.70 bits per heavy atom. The minimum Gasteiger partial charge on any atom is -0.396 e. The molecule has 0 aliphatic rings. The van der Waals surface area contributed by atoms with Gasteiger partial charge < -0.3 is 15.0 Å². The Kier molecular flexibility index (Phi) is 14.9. The van der Waals surface area contributed by atoms with Crippen LogP contribution in [-0.4, -0.2) is 45.8 Å². The Labute approximate surface area is 171 Å². The lowest BCUT2D eigenvalue weighted by atomic mass is 10.1. The van der Waals surface area contributed by atoms with Crippen LogP contribution in [0.3, 0.4) is 0 Å². The van der Waals surface area contributed by atoms with E-state index in [-0.39, 0.29) is 13.2 Å². The summed E-state index contributed by atoms with van der Waals surface area (Å²) in [5.74, 6) is 1.55. The van der Waals surface area contributed by atoms with Crippen molar-refractivity contribution in [3.63, 3.8) is 0 Å². The first-order chi connectivity index (χ1) is 13.3. The molecule has 0 fully saturated rings. The average Bonchev–Trinajstić information content (AvgIpc) is 2.73. The predicted octanol–water partition coefficient (Wildman–Crippen LogP) is 4.21. The van der Waals surface area contributed by atoms with Crippen molar-refractivity contribution >= 4 is 29.8 Å². The van der Waals surface area contributed by atoms with E-state index in [1.54, 1.807) is 23.5 Å². The number of aliphatic hydroxyl groups excluding tert-OH is 2. The molecule has 0 saturated heterocycles. The molecule has 0 unspecified atom stereocenters. The number of aldehydes is 1. The maximum atomic E-state index is 9.98. The highest BCUT2D eigenvalue weighted by molar-refractivity contribution is 8.17. The Bertz CT molecular complexity index is 571. The van der Waals surface area contributed by atoms with Crippen LogP contribution in [0.4, 0.5) is 0 Å². The van der Waals surface area contributed by atoms with Crippen molar-refractivity contribution in [3.05, 3.63) is 71.8 Å². The summed E-state index contributed by atoms with van der Waals surface area (Å²) in [5, 5.41) is 17.7. The van der Waals surface area contributed by atoms with Crippen molar-refractivity contribution < 1.29 is 15.0 Å². The van der Waals surface area contributed by atoms with Crippen LogP contribution in [-0.2, 0) is 17.6 Å². The summed E-state index contributed by atoms with van der Waals surface area (Å²) in [7, 11) is 0. The van der Waals surface area contributed by atoms with Crippen molar-refractivity contribution in [2.45, 2.75) is 30.3 Å². The van der Waals surface area contributed by atoms with Gasteiger partial charge in [0.1, 0.15) is 6.29 Å². The van der Waals surface area contributed by atoms with Crippen LogP contribution in [0, 0.1) is 0 Å². The summed E-state index contributed by atoms with van der Waals surface area (Å²) in [6.45, 7) is 0.457. The van der Waals surface area contributed by atoms with Gasteiger partial charge in [0.25, 0.3) is 0 Å². The maximum absolute atomic E-state index is 9.98. The van der Waals surface area contributed by atoms with Crippen LogP contribution in [0.5, 0.6) is 0 Å². The number of benzene rings is 2. The standard InChI is InChI=1S/C13H20O2S2.C9H10O/c14-8-10-16-13(17-11-9-15)7-6-12-4-2-1-3-5-12;10-8-4-7-9-5-2-1-3-6-9/h1-5,13-15H,6-11H2;1-3,5-6,8H,4,7H2. The largest absolute Gasteiger partial charge is 0.396 e. The minimum absolute atomic E-state index is 0.228. The van der Waals surface area contributed by atoms with Gasteiger partial charge in [0.15, 0.2) is 0 Å². The highest BCUT2D eigenvalue weighted by Crippen LogP contribution is 2.27. The number of rotatable bonds is 12. The number of thioether (sulfide) groups is 2. The SMILES string of the molecule is O=CCCc1ccccc1.OCCSC(CCc1ccccc1)SCCO. The molecule has 0 bridgehead atoms. The second-order valence-corrected chi connectivity index (χ2v) is 8.75. The monoisotopic (exact) mass is 406 g/mol. The first-order valence-corrected chi connectivity index (χ1v) is 11.4. The topological polar surface area (TPSA) is 57.5 Å². The zero-order valence-corrected chi connectivity index (χ0v) is 17.3. The molecule has 2 rings (SSSR count). The van der Waals surface area contributed by atoms with Gasteiger partial charge >= 0.3 is 0 Å². The molecule has 0 aliphatic heterocycles. The fourth-order valence-electron chi connectivity index (χ4n) is 2.38. The van der Waals surface area contributed by atoms with Crippen molar-refractivity contribution in [2.75, 3.05) is 24.7 Å². The van der Waals surface area contributed by atoms with E-state index in [1.165, 1.54) is 11.1 Å². The van der Waals surface area contributed by atoms with Crippen LogP contribution in [0.1, 0.15) is 24.0 Å². The summed E-state index contributed by atoms with van der Waals surface area (Å²) in [6, 6.07) is 20.5. The van der Waals surface area contributed by atoms with E-state index in [2.05, 4.69) is 24.3 Å². The van der Waals surface area contributed by atoms with Gasteiger partial charge in [0, 0.05) is 17.9 Å². The average molecular weight is 407 g/mol. The lowest BCUT2D eigenvalue weighted by Gasteiger charge is -2.15. The molecule has 5 heteroatoms. The smallest absolute Gasteiger partial charge is 0.120 e. The fraction of sp³-hybridized carbons (Fsp3) is 0.409. The van der Waals surface area contributed by atoms with Gasteiger partial charge in [-0.3, -0.25) is 0 Å². The fourth-order valence-corrected chi connectivity index (χ4v) is 4.65. The van der Waals surface area contributed by atoms with E-state index in [0.717, 1.165) is 37.1 Å². The van der Waals surface area contributed by atoms with Crippen molar-refractivity contribution in [2.24, 2.45) is 0 Å². The van der Waals surface area contributed by atoms with E-state index < -0.39 is 0 Å². The Morgan fingerprint density at radius 1 is 0.778 bits per heavy atom. The van der Waals surface area contributed by atoms with E-state index in [0.29, 0.717) is 11.0 Å². The lowest BCUT2D eigenvalue weighted by molar-refractivity contribution is -0.107. The van der Waals surface area contributed by atoms with E-state index in [9.17, 15) is 4.79 Å². The molecule has 2 N–H and O–H groups in total. The third-order valence-electron chi connectivity index (χ3n) is 3.70. The normalized spacial score (nSPS) is 10.3. The van der Waals surface area contributed by atoms with Crippen LogP contribution in [0.25, 0.3) is 0 Å². The second kappa shape index (κ2) is 16.9. The molecule has 0 heterocycles. The van der Waals surface area contributed by atoms with E-state index >= 15 is 0 Å². The van der Waals surface area contributed by atoms with Crippen LogP contribution < -0.4 is 0 Å². The van der Waals surface area contributed by atoms with Crippen LogP contribution in [0.2, 0.25) is 0 Å². The third-order valence-corrected chi connectivity index (χ3v) is 6.56. The van der Waals surface area contributed by atoms with Gasteiger partial charge in [0.05, 0.1) is 17.8 Å². The molecule has 2 aromatic carbocycles. The summed E-state index contributed by atoms with van der Waals surface area (Å²) in [6.07, 6.45) is 4.59. The van der Waals surface area contributed by atoms with Crippen LogP contribution >= 0.6 is 23.5 Å². The minimum atomic E-state index is 0.228. The molecule has 3 nitrogen and oxygen atoms in total. The maximum Gasteiger partial charge on any atom is 0.120 e. The zero-order chi connectivity index (χ0) is 19.6. The first-order valence-electron chi connectivity index (χ1n) is 9.26. The molecule has 2 aromatic rings. The molecule has 0 aromatic heterocycles. The first kappa shape index (κ1) is 23.8. The van der Waals surface area contributed by atoms with Crippen LogP contribution in [0.15, 0.2) is 60.7 Å². The summed E-state index contributed by atoms with van der Waals surface area (Å²) in [4.78, 5) is 9.98. The third kappa shape index (κ3) is 12.7. The van der Waals surface area contributed by atoms with Gasteiger partial charge in [-0.25, -0.2) is 0 Å². The Morgan fingerprint density at radius 2 is 1.26 bits per heavy atom. The molecule has 0 amide bonds. The number of carbonyl (C=O) groups is 1. The number of hydrogen-bond acceptors (Lipinski definition) is 5.